The highest BCUT2D eigenvalue weighted by molar-refractivity contribution is 8.00. The largest absolute Gasteiger partial charge is 0.332 e. The summed E-state index contributed by atoms with van der Waals surface area (Å²) in [6, 6.07) is 2.94. The number of hydrogen-bond acceptors (Lipinski definition) is 6. The standard InChI is InChI=1S/C21H22F2N4O3S/c1-10(15(28)11-7-8-12(22)13(23)9-11)31-17-14-16(24-19(25-17)21(2,3)4)26(5)20(30)27(6)18(14)29/h7-10H,1-6H3. The van der Waals surface area contributed by atoms with Crippen molar-refractivity contribution in [3.05, 3.63) is 62.1 Å². The van der Waals surface area contributed by atoms with Crippen molar-refractivity contribution in [2.75, 3.05) is 0 Å². The maximum Gasteiger partial charge on any atom is 0.332 e. The van der Waals surface area contributed by atoms with Gasteiger partial charge < -0.3 is 0 Å². The summed E-state index contributed by atoms with van der Waals surface area (Å²) in [5, 5.41) is -0.403. The van der Waals surface area contributed by atoms with Gasteiger partial charge in [-0.1, -0.05) is 32.5 Å². The number of hydrogen-bond donors (Lipinski definition) is 0. The Kier molecular flexibility index (Phi) is 5.88. The van der Waals surface area contributed by atoms with Gasteiger partial charge in [0.25, 0.3) is 5.56 Å². The van der Waals surface area contributed by atoms with Gasteiger partial charge in [0.15, 0.2) is 23.1 Å². The summed E-state index contributed by atoms with van der Waals surface area (Å²) in [5.41, 5.74) is -1.42. The first-order valence-corrected chi connectivity index (χ1v) is 10.3. The van der Waals surface area contributed by atoms with Crippen LogP contribution in [-0.2, 0) is 19.5 Å². The van der Waals surface area contributed by atoms with E-state index in [-0.39, 0.29) is 21.6 Å². The van der Waals surface area contributed by atoms with Crippen molar-refractivity contribution < 1.29 is 13.6 Å². The van der Waals surface area contributed by atoms with Gasteiger partial charge in [-0.05, 0) is 25.1 Å². The van der Waals surface area contributed by atoms with E-state index >= 15 is 0 Å². The number of rotatable bonds is 4. The van der Waals surface area contributed by atoms with Crippen LogP contribution in [0.4, 0.5) is 8.78 Å². The van der Waals surface area contributed by atoms with Crippen LogP contribution < -0.4 is 11.2 Å². The van der Waals surface area contributed by atoms with Gasteiger partial charge in [0, 0.05) is 25.1 Å². The molecule has 1 aromatic carbocycles. The van der Waals surface area contributed by atoms with E-state index in [4.69, 9.17) is 0 Å². The number of halogens is 2. The van der Waals surface area contributed by atoms with Gasteiger partial charge >= 0.3 is 5.69 Å². The monoisotopic (exact) mass is 448 g/mol. The zero-order valence-corrected chi connectivity index (χ0v) is 18.8. The van der Waals surface area contributed by atoms with Crippen LogP contribution in [0.3, 0.4) is 0 Å². The second-order valence-electron chi connectivity index (χ2n) is 8.26. The van der Waals surface area contributed by atoms with E-state index in [1.165, 1.54) is 24.7 Å². The number of ketones is 1. The van der Waals surface area contributed by atoms with Gasteiger partial charge in [-0.2, -0.15) is 0 Å². The Morgan fingerprint density at radius 1 is 1.06 bits per heavy atom. The lowest BCUT2D eigenvalue weighted by molar-refractivity contribution is 0.0993. The topological polar surface area (TPSA) is 86.8 Å². The third-order valence-corrected chi connectivity index (χ3v) is 5.89. The lowest BCUT2D eigenvalue weighted by Gasteiger charge is -2.20. The molecule has 0 bridgehead atoms. The zero-order chi connectivity index (χ0) is 23.2. The number of nitrogens with zero attached hydrogens (tertiary/aromatic N) is 4. The summed E-state index contributed by atoms with van der Waals surface area (Å²) in [4.78, 5) is 47.0. The molecule has 1 atom stereocenters. The van der Waals surface area contributed by atoms with E-state index in [0.717, 1.165) is 28.5 Å². The molecule has 3 rings (SSSR count). The number of aryl methyl sites for hydroxylation is 1. The first-order valence-electron chi connectivity index (χ1n) is 9.47. The molecule has 0 radical (unpaired) electrons. The highest BCUT2D eigenvalue weighted by Crippen LogP contribution is 2.31. The molecule has 31 heavy (non-hydrogen) atoms. The summed E-state index contributed by atoms with van der Waals surface area (Å²) in [7, 11) is 2.86. The molecule has 0 aliphatic carbocycles. The lowest BCUT2D eigenvalue weighted by atomic mass is 9.96. The van der Waals surface area contributed by atoms with Gasteiger partial charge in [0.1, 0.15) is 16.2 Å². The van der Waals surface area contributed by atoms with Gasteiger partial charge in [-0.3, -0.25) is 18.7 Å². The quantitative estimate of drug-likeness (QED) is 0.347. The number of Topliss-reactive ketones (excluding diaryl/α,β-unsaturated/α-hetero) is 1. The second-order valence-corrected chi connectivity index (χ2v) is 9.59. The van der Waals surface area contributed by atoms with Crippen LogP contribution in [0.15, 0.2) is 32.8 Å². The molecule has 2 aromatic heterocycles. The third-order valence-electron chi connectivity index (χ3n) is 4.80. The molecule has 0 N–H and O–H groups in total. The molecular formula is C21H22F2N4O3S. The molecule has 2 heterocycles. The van der Waals surface area contributed by atoms with E-state index in [1.807, 2.05) is 20.8 Å². The Morgan fingerprint density at radius 3 is 2.29 bits per heavy atom. The summed E-state index contributed by atoms with van der Waals surface area (Å²) in [6.07, 6.45) is 0. The molecule has 0 fully saturated rings. The lowest BCUT2D eigenvalue weighted by Crippen LogP contribution is -2.38. The molecule has 164 valence electrons. The molecule has 0 spiro atoms. The molecule has 0 saturated carbocycles. The van der Waals surface area contributed by atoms with Crippen molar-refractivity contribution in [1.82, 2.24) is 19.1 Å². The van der Waals surface area contributed by atoms with Gasteiger partial charge in [0.05, 0.1) is 5.25 Å². The third kappa shape index (κ3) is 4.16. The molecule has 0 aliphatic heterocycles. The van der Waals surface area contributed by atoms with Crippen molar-refractivity contribution in [3.8, 4) is 0 Å². The molecule has 10 heteroatoms. The number of thioether (sulfide) groups is 1. The fourth-order valence-corrected chi connectivity index (χ4v) is 3.97. The van der Waals surface area contributed by atoms with Crippen LogP contribution in [0.1, 0.15) is 43.9 Å². The summed E-state index contributed by atoms with van der Waals surface area (Å²) < 4.78 is 29.0. The van der Waals surface area contributed by atoms with Crippen molar-refractivity contribution in [3.63, 3.8) is 0 Å². The minimum Gasteiger partial charge on any atom is -0.293 e. The number of aromatic nitrogens is 4. The van der Waals surface area contributed by atoms with Crippen LogP contribution in [0.2, 0.25) is 0 Å². The summed E-state index contributed by atoms with van der Waals surface area (Å²) in [5.74, 6) is -2.21. The molecular weight excluding hydrogens is 426 g/mol. The average molecular weight is 448 g/mol. The molecule has 0 aliphatic rings. The normalized spacial score (nSPS) is 12.9. The van der Waals surface area contributed by atoms with Crippen LogP contribution in [-0.4, -0.2) is 30.1 Å². The summed E-state index contributed by atoms with van der Waals surface area (Å²) in [6.45, 7) is 7.25. The second kappa shape index (κ2) is 7.99. The first-order chi connectivity index (χ1) is 14.3. The van der Waals surface area contributed by atoms with E-state index < -0.39 is 39.3 Å². The van der Waals surface area contributed by atoms with E-state index in [0.29, 0.717) is 5.82 Å². The highest BCUT2D eigenvalue weighted by atomic mass is 32.2. The van der Waals surface area contributed by atoms with Crippen molar-refractivity contribution in [1.29, 1.82) is 0 Å². The van der Waals surface area contributed by atoms with Gasteiger partial charge in [-0.25, -0.2) is 23.5 Å². The Hall–Kier alpha value is -2.88. The number of carbonyl (C=O) groups is 1. The van der Waals surface area contributed by atoms with Crippen LogP contribution >= 0.6 is 11.8 Å². The van der Waals surface area contributed by atoms with Crippen molar-refractivity contribution >= 4 is 28.6 Å². The predicted molar refractivity (Wildman–Crippen MR) is 115 cm³/mol. The maximum atomic E-state index is 13.6. The van der Waals surface area contributed by atoms with Gasteiger partial charge in [0.2, 0.25) is 0 Å². The first kappa shape index (κ1) is 22.8. The average Bonchev–Trinajstić information content (AvgIpc) is 2.70. The molecule has 7 nitrogen and oxygen atoms in total. The minimum absolute atomic E-state index is 0.00797. The fraction of sp³-hybridized carbons (Fsp3) is 0.381. The van der Waals surface area contributed by atoms with Crippen molar-refractivity contribution in [2.45, 2.75) is 43.4 Å². The van der Waals surface area contributed by atoms with E-state index in [2.05, 4.69) is 9.97 Å². The number of carbonyl (C=O) groups excluding carboxylic acids is 1. The highest BCUT2D eigenvalue weighted by Gasteiger charge is 2.26. The van der Waals surface area contributed by atoms with Crippen LogP contribution in [0.25, 0.3) is 11.0 Å². The molecule has 3 aromatic rings. The zero-order valence-electron chi connectivity index (χ0n) is 18.0. The van der Waals surface area contributed by atoms with Crippen LogP contribution in [0, 0.1) is 11.6 Å². The number of fused-ring (bicyclic) bond motifs is 1. The summed E-state index contributed by atoms with van der Waals surface area (Å²) >= 11 is 1.01. The fourth-order valence-electron chi connectivity index (χ4n) is 2.95. The maximum absolute atomic E-state index is 13.6. The predicted octanol–water partition coefficient (Wildman–Crippen LogP) is 2.97. The van der Waals surface area contributed by atoms with E-state index in [9.17, 15) is 23.2 Å². The molecule has 0 amide bonds. The Bertz CT molecular complexity index is 1330. The van der Waals surface area contributed by atoms with Gasteiger partial charge in [-0.15, -0.1) is 0 Å². The Morgan fingerprint density at radius 2 is 1.71 bits per heavy atom. The van der Waals surface area contributed by atoms with E-state index in [1.54, 1.807) is 6.92 Å². The number of benzene rings is 1. The Labute approximate surface area is 181 Å². The minimum atomic E-state index is -1.12. The van der Waals surface area contributed by atoms with Crippen LogP contribution in [0.5, 0.6) is 0 Å². The smallest absolute Gasteiger partial charge is 0.293 e. The SMILES string of the molecule is CC(Sc1nc(C(C)(C)C)nc2c1c(=O)n(C)c(=O)n2C)C(=O)c1ccc(F)c(F)c1. The molecule has 0 saturated heterocycles. The Balaban J connectivity index is 2.18. The molecule has 1 unspecified atom stereocenters. The van der Waals surface area contributed by atoms with Crippen molar-refractivity contribution in [2.24, 2.45) is 14.1 Å².